The average molecular weight is 306 g/mol. The van der Waals surface area contributed by atoms with E-state index in [2.05, 4.69) is 17.4 Å². The summed E-state index contributed by atoms with van der Waals surface area (Å²) < 4.78 is 5.86. The van der Waals surface area contributed by atoms with Gasteiger partial charge in [-0.25, -0.2) is 4.79 Å². The average Bonchev–Trinajstić information content (AvgIpc) is 3.03. The van der Waals surface area contributed by atoms with Crippen LogP contribution in [0.1, 0.15) is 18.1 Å². The van der Waals surface area contributed by atoms with Crippen LogP contribution in [0.25, 0.3) is 0 Å². The predicted molar refractivity (Wildman–Crippen MR) is 85.5 cm³/mol. The number of carbonyl (C=O) groups excluding carboxylic acids is 1. The zero-order chi connectivity index (χ0) is 14.5. The standard InChI is InChI=1S/C16H22N2O2S/c19-16(18-7-10-21-11-8-18)17-12-14-6-9-20-15(14)13-4-2-1-3-5-13/h1-5,14-15H,6-12H2,(H,17,19). The molecule has 2 heterocycles. The van der Waals surface area contributed by atoms with Gasteiger partial charge in [0.15, 0.2) is 0 Å². The molecule has 0 aliphatic carbocycles. The van der Waals surface area contributed by atoms with E-state index in [1.165, 1.54) is 5.56 Å². The van der Waals surface area contributed by atoms with E-state index in [1.54, 1.807) is 0 Å². The summed E-state index contributed by atoms with van der Waals surface area (Å²) in [6.07, 6.45) is 1.12. The molecule has 0 spiro atoms. The van der Waals surface area contributed by atoms with Crippen LogP contribution in [0.15, 0.2) is 30.3 Å². The molecule has 1 N–H and O–H groups in total. The number of urea groups is 1. The Kier molecular flexibility index (Phi) is 5.04. The number of carbonyl (C=O) groups is 1. The first kappa shape index (κ1) is 14.7. The molecule has 2 atom stereocenters. The Morgan fingerprint density at radius 3 is 2.81 bits per heavy atom. The fourth-order valence-electron chi connectivity index (χ4n) is 2.95. The summed E-state index contributed by atoms with van der Waals surface area (Å²) in [5.41, 5.74) is 1.21. The van der Waals surface area contributed by atoms with Crippen LogP contribution in [-0.2, 0) is 4.74 Å². The van der Waals surface area contributed by atoms with Crippen molar-refractivity contribution in [1.82, 2.24) is 10.2 Å². The molecule has 2 saturated heterocycles. The van der Waals surface area contributed by atoms with Crippen LogP contribution in [-0.4, -0.2) is 48.7 Å². The third kappa shape index (κ3) is 3.71. The number of rotatable bonds is 3. The van der Waals surface area contributed by atoms with Crippen molar-refractivity contribution in [3.8, 4) is 0 Å². The van der Waals surface area contributed by atoms with Gasteiger partial charge in [0.2, 0.25) is 0 Å². The summed E-state index contributed by atoms with van der Waals surface area (Å²) in [7, 11) is 0. The van der Waals surface area contributed by atoms with Crippen molar-refractivity contribution in [2.45, 2.75) is 12.5 Å². The first-order valence-corrected chi connectivity index (χ1v) is 8.77. The lowest BCUT2D eigenvalue weighted by molar-refractivity contribution is 0.0905. The molecule has 0 aromatic heterocycles. The van der Waals surface area contributed by atoms with E-state index >= 15 is 0 Å². The molecule has 2 unspecified atom stereocenters. The Bertz CT molecular complexity index is 463. The predicted octanol–water partition coefficient (Wildman–Crippen LogP) is 2.52. The number of nitrogens with one attached hydrogen (secondary N) is 1. The smallest absolute Gasteiger partial charge is 0.317 e. The molecule has 21 heavy (non-hydrogen) atoms. The van der Waals surface area contributed by atoms with Crippen molar-refractivity contribution < 1.29 is 9.53 Å². The van der Waals surface area contributed by atoms with Gasteiger partial charge in [0.1, 0.15) is 0 Å². The van der Waals surface area contributed by atoms with Gasteiger partial charge in [-0.15, -0.1) is 0 Å². The van der Waals surface area contributed by atoms with Crippen molar-refractivity contribution in [1.29, 1.82) is 0 Å². The molecule has 2 aliphatic rings. The summed E-state index contributed by atoms with van der Waals surface area (Å²) in [6.45, 7) is 3.20. The Morgan fingerprint density at radius 2 is 2.05 bits per heavy atom. The lowest BCUT2D eigenvalue weighted by atomic mass is 9.95. The fraction of sp³-hybridized carbons (Fsp3) is 0.562. The van der Waals surface area contributed by atoms with Crippen LogP contribution in [0.3, 0.4) is 0 Å². The molecule has 1 aromatic rings. The molecule has 114 valence electrons. The van der Waals surface area contributed by atoms with E-state index in [0.29, 0.717) is 12.5 Å². The lowest BCUT2D eigenvalue weighted by Crippen LogP contribution is -2.45. The summed E-state index contributed by atoms with van der Waals surface area (Å²) in [5.74, 6) is 2.47. The SMILES string of the molecule is O=C(NCC1CCOC1c1ccccc1)N1CCSCC1. The van der Waals surface area contributed by atoms with Gasteiger partial charge in [-0.2, -0.15) is 11.8 Å². The maximum absolute atomic E-state index is 12.2. The summed E-state index contributed by atoms with van der Waals surface area (Å²) in [6, 6.07) is 10.4. The third-order valence-corrected chi connectivity index (χ3v) is 5.10. The van der Waals surface area contributed by atoms with Gasteiger partial charge in [0.25, 0.3) is 0 Å². The summed E-state index contributed by atoms with van der Waals surface area (Å²) >= 11 is 1.92. The van der Waals surface area contributed by atoms with Crippen molar-refractivity contribution in [2.24, 2.45) is 5.92 Å². The van der Waals surface area contributed by atoms with Gasteiger partial charge in [0.05, 0.1) is 6.10 Å². The molecule has 1 aromatic carbocycles. The number of nitrogens with zero attached hydrogens (tertiary/aromatic N) is 1. The molecule has 2 amide bonds. The third-order valence-electron chi connectivity index (χ3n) is 4.16. The van der Waals surface area contributed by atoms with Gasteiger partial charge in [-0.1, -0.05) is 30.3 Å². The second-order valence-corrected chi connectivity index (χ2v) is 6.76. The molecule has 2 fully saturated rings. The maximum Gasteiger partial charge on any atom is 0.317 e. The van der Waals surface area contributed by atoms with Crippen LogP contribution in [0.4, 0.5) is 4.79 Å². The van der Waals surface area contributed by atoms with Gasteiger partial charge >= 0.3 is 6.03 Å². The van der Waals surface area contributed by atoms with Crippen LogP contribution >= 0.6 is 11.8 Å². The van der Waals surface area contributed by atoms with Gasteiger partial charge in [-0.3, -0.25) is 0 Å². The maximum atomic E-state index is 12.2. The normalized spacial score (nSPS) is 25.8. The second kappa shape index (κ2) is 7.18. The van der Waals surface area contributed by atoms with Gasteiger partial charge < -0.3 is 15.0 Å². The largest absolute Gasteiger partial charge is 0.373 e. The second-order valence-electron chi connectivity index (χ2n) is 5.54. The highest BCUT2D eigenvalue weighted by Gasteiger charge is 2.30. The molecule has 4 nitrogen and oxygen atoms in total. The van der Waals surface area contributed by atoms with Crippen LogP contribution in [0.5, 0.6) is 0 Å². The van der Waals surface area contributed by atoms with Crippen molar-refractivity contribution in [3.63, 3.8) is 0 Å². The number of hydrogen-bond donors (Lipinski definition) is 1. The molecular weight excluding hydrogens is 284 g/mol. The molecule has 3 rings (SSSR count). The van der Waals surface area contributed by atoms with Crippen LogP contribution in [0.2, 0.25) is 0 Å². The van der Waals surface area contributed by atoms with Crippen molar-refractivity contribution in [2.75, 3.05) is 37.7 Å². The Labute approximate surface area is 130 Å². The Morgan fingerprint density at radius 1 is 1.29 bits per heavy atom. The minimum Gasteiger partial charge on any atom is -0.373 e. The number of thioether (sulfide) groups is 1. The molecule has 0 saturated carbocycles. The van der Waals surface area contributed by atoms with E-state index in [1.807, 2.05) is 34.9 Å². The number of benzene rings is 1. The fourth-order valence-corrected chi connectivity index (χ4v) is 3.85. The summed E-state index contributed by atoms with van der Waals surface area (Å²) in [4.78, 5) is 14.1. The van der Waals surface area contributed by atoms with E-state index in [9.17, 15) is 4.79 Å². The van der Waals surface area contributed by atoms with E-state index < -0.39 is 0 Å². The molecular formula is C16H22N2O2S. The van der Waals surface area contributed by atoms with Crippen molar-refractivity contribution >= 4 is 17.8 Å². The van der Waals surface area contributed by atoms with E-state index in [-0.39, 0.29) is 12.1 Å². The monoisotopic (exact) mass is 306 g/mol. The zero-order valence-electron chi connectivity index (χ0n) is 12.2. The lowest BCUT2D eigenvalue weighted by Gasteiger charge is -2.27. The summed E-state index contributed by atoms with van der Waals surface area (Å²) in [5, 5.41) is 3.09. The molecule has 0 bridgehead atoms. The van der Waals surface area contributed by atoms with E-state index in [4.69, 9.17) is 4.74 Å². The number of ether oxygens (including phenoxy) is 1. The number of amides is 2. The minimum atomic E-state index is 0.0778. The first-order chi connectivity index (χ1) is 10.3. The van der Waals surface area contributed by atoms with Crippen molar-refractivity contribution in [3.05, 3.63) is 35.9 Å². The minimum absolute atomic E-state index is 0.0778. The molecule has 2 aliphatic heterocycles. The zero-order valence-corrected chi connectivity index (χ0v) is 13.0. The Hall–Kier alpha value is -1.20. The quantitative estimate of drug-likeness (QED) is 0.933. The highest BCUT2D eigenvalue weighted by molar-refractivity contribution is 7.99. The first-order valence-electron chi connectivity index (χ1n) is 7.61. The Balaban J connectivity index is 1.53. The van der Waals surface area contributed by atoms with Crippen LogP contribution in [0, 0.1) is 5.92 Å². The molecule has 0 radical (unpaired) electrons. The van der Waals surface area contributed by atoms with Gasteiger partial charge in [-0.05, 0) is 12.0 Å². The van der Waals surface area contributed by atoms with Crippen LogP contribution < -0.4 is 5.32 Å². The highest BCUT2D eigenvalue weighted by Crippen LogP contribution is 2.33. The topological polar surface area (TPSA) is 41.6 Å². The van der Waals surface area contributed by atoms with Gasteiger partial charge in [0, 0.05) is 43.7 Å². The number of hydrogen-bond acceptors (Lipinski definition) is 3. The molecule has 5 heteroatoms. The highest BCUT2D eigenvalue weighted by atomic mass is 32.2. The van der Waals surface area contributed by atoms with E-state index in [0.717, 1.165) is 37.6 Å².